The highest BCUT2D eigenvalue weighted by Crippen LogP contribution is 2.22. The third-order valence-corrected chi connectivity index (χ3v) is 3.79. The van der Waals surface area contributed by atoms with Crippen molar-refractivity contribution in [2.45, 2.75) is 12.5 Å². The van der Waals surface area contributed by atoms with Crippen molar-refractivity contribution in [1.29, 1.82) is 0 Å². The maximum absolute atomic E-state index is 11.6. The van der Waals surface area contributed by atoms with E-state index in [1.807, 2.05) is 12.1 Å². The average molecular weight is 362 g/mol. The molecule has 0 saturated heterocycles. The van der Waals surface area contributed by atoms with Crippen LogP contribution in [-0.2, 0) is 19.1 Å². The summed E-state index contributed by atoms with van der Waals surface area (Å²) in [5, 5.41) is 11.1. The first-order chi connectivity index (χ1) is 9.42. The molecule has 0 radical (unpaired) electrons. The van der Waals surface area contributed by atoms with E-state index >= 15 is 0 Å². The number of hydrogen-bond acceptors (Lipinski definition) is 5. The van der Waals surface area contributed by atoms with E-state index in [2.05, 4.69) is 26.0 Å². The molecule has 108 valence electrons. The van der Waals surface area contributed by atoms with Gasteiger partial charge in [-0.15, -0.1) is 11.3 Å². The van der Waals surface area contributed by atoms with Crippen molar-refractivity contribution in [2.24, 2.45) is 0 Å². The molecule has 8 heteroatoms. The standard InChI is InChI=1S/C12H12BrNO5S/c1-19-11(16)6-8(12(17)18)14-10(15)5-3-7-2-4-9(13)20-7/h2-5,8H,6H2,1H3,(H,14,15)(H,17,18)/t8-/m0/s1. The van der Waals surface area contributed by atoms with E-state index in [-0.39, 0.29) is 0 Å². The van der Waals surface area contributed by atoms with Crippen molar-refractivity contribution in [1.82, 2.24) is 5.32 Å². The Labute approximate surface area is 127 Å². The minimum atomic E-state index is -1.31. The molecule has 1 heterocycles. The molecule has 1 aromatic rings. The molecule has 0 aliphatic heterocycles. The van der Waals surface area contributed by atoms with Gasteiger partial charge in [-0.25, -0.2) is 4.79 Å². The van der Waals surface area contributed by atoms with E-state index in [1.54, 1.807) is 6.08 Å². The van der Waals surface area contributed by atoms with Gasteiger partial charge in [0.25, 0.3) is 0 Å². The number of rotatable bonds is 6. The van der Waals surface area contributed by atoms with Crippen LogP contribution in [0.4, 0.5) is 0 Å². The van der Waals surface area contributed by atoms with Crippen molar-refractivity contribution in [2.75, 3.05) is 7.11 Å². The fraction of sp³-hybridized carbons (Fsp3) is 0.250. The maximum Gasteiger partial charge on any atom is 0.326 e. The summed E-state index contributed by atoms with van der Waals surface area (Å²) in [7, 11) is 1.15. The molecule has 0 saturated carbocycles. The number of thiophene rings is 1. The number of esters is 1. The van der Waals surface area contributed by atoms with E-state index in [9.17, 15) is 14.4 Å². The lowest BCUT2D eigenvalue weighted by atomic mass is 10.2. The first kappa shape index (κ1) is 16.4. The highest BCUT2D eigenvalue weighted by Gasteiger charge is 2.22. The molecular weight excluding hydrogens is 350 g/mol. The highest BCUT2D eigenvalue weighted by atomic mass is 79.9. The number of ether oxygens (including phenoxy) is 1. The number of hydrogen-bond donors (Lipinski definition) is 2. The quantitative estimate of drug-likeness (QED) is 0.593. The van der Waals surface area contributed by atoms with E-state index in [0.29, 0.717) is 0 Å². The molecule has 0 spiro atoms. The molecule has 2 N–H and O–H groups in total. The third-order valence-electron chi connectivity index (χ3n) is 2.21. The van der Waals surface area contributed by atoms with Crippen LogP contribution < -0.4 is 5.32 Å². The normalized spacial score (nSPS) is 12.1. The molecule has 1 aromatic heterocycles. The Morgan fingerprint density at radius 1 is 1.50 bits per heavy atom. The number of nitrogens with one attached hydrogen (secondary N) is 1. The van der Waals surface area contributed by atoms with Crippen LogP contribution in [-0.4, -0.2) is 36.1 Å². The van der Waals surface area contributed by atoms with Crippen LogP contribution in [0.2, 0.25) is 0 Å². The lowest BCUT2D eigenvalue weighted by Crippen LogP contribution is -2.41. The van der Waals surface area contributed by atoms with E-state index < -0.39 is 30.3 Å². The second-order valence-corrected chi connectivity index (χ2v) is 6.15. The average Bonchev–Trinajstić information content (AvgIpc) is 2.81. The number of aliphatic carboxylic acids is 1. The van der Waals surface area contributed by atoms with Crippen molar-refractivity contribution in [3.63, 3.8) is 0 Å². The van der Waals surface area contributed by atoms with Crippen LogP contribution >= 0.6 is 27.3 Å². The summed E-state index contributed by atoms with van der Waals surface area (Å²) >= 11 is 4.72. The van der Waals surface area contributed by atoms with Crippen LogP contribution in [0.5, 0.6) is 0 Å². The van der Waals surface area contributed by atoms with Crippen LogP contribution in [0.15, 0.2) is 22.0 Å². The van der Waals surface area contributed by atoms with Crippen molar-refractivity contribution in [3.8, 4) is 0 Å². The lowest BCUT2D eigenvalue weighted by Gasteiger charge is -2.11. The molecule has 1 amide bonds. The van der Waals surface area contributed by atoms with Crippen molar-refractivity contribution in [3.05, 3.63) is 26.9 Å². The summed E-state index contributed by atoms with van der Waals surface area (Å²) in [6, 6.07) is 2.33. The summed E-state index contributed by atoms with van der Waals surface area (Å²) in [6.07, 6.45) is 2.35. The predicted octanol–water partition coefficient (Wildman–Crippen LogP) is 1.66. The van der Waals surface area contributed by atoms with E-state index in [0.717, 1.165) is 15.8 Å². The Kier molecular flexibility index (Phi) is 6.40. The first-order valence-corrected chi connectivity index (χ1v) is 7.07. The van der Waals surface area contributed by atoms with Gasteiger partial charge in [0, 0.05) is 11.0 Å². The Hall–Kier alpha value is -1.67. The van der Waals surface area contributed by atoms with Crippen LogP contribution in [0.1, 0.15) is 11.3 Å². The van der Waals surface area contributed by atoms with Crippen LogP contribution in [0.3, 0.4) is 0 Å². The minimum Gasteiger partial charge on any atom is -0.480 e. The Balaban J connectivity index is 2.60. The molecule has 6 nitrogen and oxygen atoms in total. The SMILES string of the molecule is COC(=O)C[C@H](NC(=O)C=Cc1ccc(Br)s1)C(=O)O. The van der Waals surface area contributed by atoms with Crippen LogP contribution in [0.25, 0.3) is 6.08 Å². The van der Waals surface area contributed by atoms with Crippen LogP contribution in [0, 0.1) is 0 Å². The summed E-state index contributed by atoms with van der Waals surface area (Å²) in [4.78, 5) is 34.4. The number of carbonyl (C=O) groups is 3. The maximum atomic E-state index is 11.6. The summed E-state index contributed by atoms with van der Waals surface area (Å²) in [6.45, 7) is 0. The zero-order valence-corrected chi connectivity index (χ0v) is 12.9. The third kappa shape index (κ3) is 5.54. The number of amides is 1. The second-order valence-electron chi connectivity index (χ2n) is 3.65. The molecule has 0 aliphatic carbocycles. The molecule has 0 aromatic carbocycles. The zero-order chi connectivity index (χ0) is 15.1. The zero-order valence-electron chi connectivity index (χ0n) is 10.5. The lowest BCUT2D eigenvalue weighted by molar-refractivity contribution is -0.148. The van der Waals surface area contributed by atoms with Gasteiger partial charge in [0.15, 0.2) is 0 Å². The molecule has 1 rings (SSSR count). The first-order valence-electron chi connectivity index (χ1n) is 5.46. The molecule has 0 unspecified atom stereocenters. The molecule has 1 atom stereocenters. The topological polar surface area (TPSA) is 92.7 Å². The van der Waals surface area contributed by atoms with Gasteiger partial charge < -0.3 is 15.2 Å². The van der Waals surface area contributed by atoms with Crippen molar-refractivity contribution < 1.29 is 24.2 Å². The molecule has 0 bridgehead atoms. The molecule has 20 heavy (non-hydrogen) atoms. The predicted molar refractivity (Wildman–Crippen MR) is 77.3 cm³/mol. The summed E-state index contributed by atoms with van der Waals surface area (Å²) in [5.74, 6) is -2.59. The van der Waals surface area contributed by atoms with Gasteiger partial charge >= 0.3 is 11.9 Å². The van der Waals surface area contributed by atoms with E-state index in [4.69, 9.17) is 5.11 Å². The Morgan fingerprint density at radius 2 is 2.20 bits per heavy atom. The van der Waals surface area contributed by atoms with Gasteiger partial charge in [-0.1, -0.05) is 0 Å². The monoisotopic (exact) mass is 361 g/mol. The van der Waals surface area contributed by atoms with Gasteiger partial charge in [-0.2, -0.15) is 0 Å². The Bertz CT molecular complexity index is 540. The van der Waals surface area contributed by atoms with Crippen molar-refractivity contribution >= 4 is 51.2 Å². The number of halogens is 1. The fourth-order valence-electron chi connectivity index (χ4n) is 1.25. The van der Waals surface area contributed by atoms with Gasteiger partial charge in [-0.05, 0) is 34.1 Å². The second kappa shape index (κ2) is 7.81. The Morgan fingerprint density at radius 3 is 2.70 bits per heavy atom. The van der Waals surface area contributed by atoms with Gasteiger partial charge in [-0.3, -0.25) is 9.59 Å². The number of carboxylic acids is 1. The highest BCUT2D eigenvalue weighted by molar-refractivity contribution is 9.11. The fourth-order valence-corrected chi connectivity index (χ4v) is 2.57. The number of carboxylic acid groups (broad SMARTS) is 1. The van der Waals surface area contributed by atoms with Gasteiger partial charge in [0.1, 0.15) is 6.04 Å². The molecule has 0 fully saturated rings. The van der Waals surface area contributed by atoms with E-state index in [1.165, 1.54) is 17.4 Å². The van der Waals surface area contributed by atoms with Gasteiger partial charge in [0.05, 0.1) is 17.3 Å². The number of methoxy groups -OCH3 is 1. The summed E-state index contributed by atoms with van der Waals surface area (Å²) < 4.78 is 5.29. The molecular formula is C12H12BrNO5S. The van der Waals surface area contributed by atoms with Gasteiger partial charge in [0.2, 0.25) is 5.91 Å². The number of carbonyl (C=O) groups excluding carboxylic acids is 2. The smallest absolute Gasteiger partial charge is 0.326 e. The summed E-state index contributed by atoms with van der Waals surface area (Å²) in [5.41, 5.74) is 0. The minimum absolute atomic E-state index is 0.421. The molecule has 0 aliphatic rings. The largest absolute Gasteiger partial charge is 0.480 e.